The van der Waals surface area contributed by atoms with Crippen LogP contribution in [0.15, 0.2) is 36.5 Å². The number of fused-ring (bicyclic) bond motifs is 1. The number of hydrogen-bond acceptors (Lipinski definition) is 4. The smallest absolute Gasteiger partial charge is 0.407 e. The summed E-state index contributed by atoms with van der Waals surface area (Å²) in [4.78, 5) is 15.8. The average molecular weight is 301 g/mol. The first-order valence-electron chi connectivity index (χ1n) is 7.50. The third-order valence-corrected chi connectivity index (χ3v) is 2.98. The highest BCUT2D eigenvalue weighted by atomic mass is 16.6. The number of nitrogens with one attached hydrogen (secondary N) is 2. The van der Waals surface area contributed by atoms with E-state index in [4.69, 9.17) is 4.74 Å². The SMILES string of the molecule is CC(C)(C)OC(=O)NCCCNc1cccc2ncccc12. The van der Waals surface area contributed by atoms with Gasteiger partial charge >= 0.3 is 6.09 Å². The predicted molar refractivity (Wildman–Crippen MR) is 89.1 cm³/mol. The molecule has 0 radical (unpaired) electrons. The fourth-order valence-electron chi connectivity index (χ4n) is 2.07. The lowest BCUT2D eigenvalue weighted by Crippen LogP contribution is -2.33. The van der Waals surface area contributed by atoms with Crippen LogP contribution in [0.5, 0.6) is 0 Å². The molecule has 0 unspecified atom stereocenters. The molecule has 5 nitrogen and oxygen atoms in total. The highest BCUT2D eigenvalue weighted by molar-refractivity contribution is 5.91. The Balaban J connectivity index is 1.76. The van der Waals surface area contributed by atoms with Crippen molar-refractivity contribution < 1.29 is 9.53 Å². The van der Waals surface area contributed by atoms with Crippen molar-refractivity contribution in [2.24, 2.45) is 0 Å². The lowest BCUT2D eigenvalue weighted by molar-refractivity contribution is 0.0528. The minimum absolute atomic E-state index is 0.373. The molecule has 0 aliphatic carbocycles. The van der Waals surface area contributed by atoms with Crippen LogP contribution in [0.4, 0.5) is 10.5 Å². The summed E-state index contributed by atoms with van der Waals surface area (Å²) in [6, 6.07) is 9.98. The van der Waals surface area contributed by atoms with Crippen LogP contribution < -0.4 is 10.6 Å². The first kappa shape index (κ1) is 16.1. The lowest BCUT2D eigenvalue weighted by Gasteiger charge is -2.19. The van der Waals surface area contributed by atoms with E-state index in [0.29, 0.717) is 6.54 Å². The van der Waals surface area contributed by atoms with E-state index < -0.39 is 5.60 Å². The summed E-state index contributed by atoms with van der Waals surface area (Å²) in [7, 11) is 0. The zero-order chi connectivity index (χ0) is 16.0. The summed E-state index contributed by atoms with van der Waals surface area (Å²) >= 11 is 0. The third kappa shape index (κ3) is 4.91. The van der Waals surface area contributed by atoms with Crippen LogP contribution in [0, 0.1) is 0 Å². The molecule has 0 saturated heterocycles. The highest BCUT2D eigenvalue weighted by Crippen LogP contribution is 2.20. The first-order valence-corrected chi connectivity index (χ1v) is 7.50. The van der Waals surface area contributed by atoms with Crippen molar-refractivity contribution in [1.29, 1.82) is 0 Å². The van der Waals surface area contributed by atoms with Gasteiger partial charge in [0.15, 0.2) is 0 Å². The maximum atomic E-state index is 11.5. The molecule has 2 aromatic rings. The summed E-state index contributed by atoms with van der Waals surface area (Å²) in [6.07, 6.45) is 2.23. The summed E-state index contributed by atoms with van der Waals surface area (Å²) < 4.78 is 5.18. The number of nitrogens with zero attached hydrogens (tertiary/aromatic N) is 1. The zero-order valence-corrected chi connectivity index (χ0v) is 13.3. The largest absolute Gasteiger partial charge is 0.444 e. The van der Waals surface area contributed by atoms with Gasteiger partial charge in [0.25, 0.3) is 0 Å². The van der Waals surface area contributed by atoms with Crippen molar-refractivity contribution in [1.82, 2.24) is 10.3 Å². The van der Waals surface area contributed by atoms with Gasteiger partial charge in [-0.3, -0.25) is 4.98 Å². The molecule has 0 aliphatic rings. The van der Waals surface area contributed by atoms with Crippen molar-refractivity contribution in [2.75, 3.05) is 18.4 Å². The van der Waals surface area contributed by atoms with Gasteiger partial charge in [-0.2, -0.15) is 0 Å². The van der Waals surface area contributed by atoms with Gasteiger partial charge in [-0.05, 0) is 51.5 Å². The van der Waals surface area contributed by atoms with E-state index in [0.717, 1.165) is 29.6 Å². The normalized spacial score (nSPS) is 11.2. The van der Waals surface area contributed by atoms with Crippen molar-refractivity contribution >= 4 is 22.7 Å². The Labute approximate surface area is 131 Å². The van der Waals surface area contributed by atoms with Gasteiger partial charge in [0.2, 0.25) is 0 Å². The van der Waals surface area contributed by atoms with Crippen molar-refractivity contribution in [2.45, 2.75) is 32.8 Å². The van der Waals surface area contributed by atoms with Crippen molar-refractivity contribution in [3.8, 4) is 0 Å². The van der Waals surface area contributed by atoms with E-state index in [1.165, 1.54) is 0 Å². The van der Waals surface area contributed by atoms with E-state index in [2.05, 4.69) is 15.6 Å². The van der Waals surface area contributed by atoms with Crippen molar-refractivity contribution in [3.05, 3.63) is 36.5 Å². The van der Waals surface area contributed by atoms with Crippen LogP contribution in [-0.2, 0) is 4.74 Å². The van der Waals surface area contributed by atoms with Gasteiger partial charge in [0.1, 0.15) is 5.60 Å². The molecule has 0 saturated carbocycles. The van der Waals surface area contributed by atoms with E-state index in [1.807, 2.05) is 51.1 Å². The van der Waals surface area contributed by atoms with Gasteiger partial charge in [-0.1, -0.05) is 6.07 Å². The number of carbonyl (C=O) groups is 1. The van der Waals surface area contributed by atoms with E-state index in [-0.39, 0.29) is 6.09 Å². The number of carbonyl (C=O) groups excluding carboxylic acids is 1. The van der Waals surface area contributed by atoms with E-state index in [9.17, 15) is 4.79 Å². The lowest BCUT2D eigenvalue weighted by atomic mass is 10.2. The fourth-order valence-corrected chi connectivity index (χ4v) is 2.07. The molecule has 0 bridgehead atoms. The van der Waals surface area contributed by atoms with Crippen LogP contribution in [-0.4, -0.2) is 29.8 Å². The number of alkyl carbamates (subject to hydrolysis) is 1. The number of benzene rings is 1. The van der Waals surface area contributed by atoms with Crippen LogP contribution >= 0.6 is 0 Å². The van der Waals surface area contributed by atoms with E-state index in [1.54, 1.807) is 6.20 Å². The molecule has 118 valence electrons. The Morgan fingerprint density at radius 3 is 2.77 bits per heavy atom. The summed E-state index contributed by atoms with van der Waals surface area (Å²) in [5.74, 6) is 0. The Bertz CT molecular complexity index is 630. The topological polar surface area (TPSA) is 63.2 Å². The first-order chi connectivity index (χ1) is 10.5. The van der Waals surface area contributed by atoms with Gasteiger partial charge in [-0.25, -0.2) is 4.79 Å². The third-order valence-electron chi connectivity index (χ3n) is 2.98. The summed E-state index contributed by atoms with van der Waals surface area (Å²) in [6.45, 7) is 6.89. The molecule has 5 heteroatoms. The molecule has 1 amide bonds. The molecule has 22 heavy (non-hydrogen) atoms. The maximum Gasteiger partial charge on any atom is 0.407 e. The standard InChI is InChI=1S/C17H23N3O2/c1-17(2,3)22-16(21)20-12-6-11-19-15-9-4-8-14-13(15)7-5-10-18-14/h4-5,7-10,19H,6,11-12H2,1-3H3,(H,20,21). The molecule has 1 heterocycles. The van der Waals surface area contributed by atoms with Crippen LogP contribution in [0.3, 0.4) is 0 Å². The second-order valence-electron chi connectivity index (χ2n) is 6.08. The number of amides is 1. The molecule has 0 aliphatic heterocycles. The molecule has 1 aromatic carbocycles. The molecule has 1 aromatic heterocycles. The Hall–Kier alpha value is -2.30. The number of aromatic nitrogens is 1. The molecule has 2 rings (SSSR count). The Morgan fingerprint density at radius 2 is 2.00 bits per heavy atom. The second-order valence-corrected chi connectivity index (χ2v) is 6.08. The highest BCUT2D eigenvalue weighted by Gasteiger charge is 2.15. The zero-order valence-electron chi connectivity index (χ0n) is 13.3. The summed E-state index contributed by atoms with van der Waals surface area (Å²) in [5.41, 5.74) is 1.57. The Morgan fingerprint density at radius 1 is 1.18 bits per heavy atom. The van der Waals surface area contributed by atoms with E-state index >= 15 is 0 Å². The molecule has 2 N–H and O–H groups in total. The average Bonchev–Trinajstić information content (AvgIpc) is 2.45. The monoisotopic (exact) mass is 301 g/mol. The quantitative estimate of drug-likeness (QED) is 0.829. The minimum atomic E-state index is -0.460. The molecular weight excluding hydrogens is 278 g/mol. The molecule has 0 atom stereocenters. The molecule has 0 spiro atoms. The number of pyridine rings is 1. The van der Waals surface area contributed by atoms with Crippen LogP contribution in [0.25, 0.3) is 10.9 Å². The number of rotatable bonds is 5. The second kappa shape index (κ2) is 7.11. The molecule has 0 fully saturated rings. The van der Waals surface area contributed by atoms with Gasteiger partial charge in [-0.15, -0.1) is 0 Å². The predicted octanol–water partition coefficient (Wildman–Crippen LogP) is 3.56. The maximum absolute atomic E-state index is 11.5. The van der Waals surface area contributed by atoms with Gasteiger partial charge in [0.05, 0.1) is 5.52 Å². The van der Waals surface area contributed by atoms with Crippen molar-refractivity contribution in [3.63, 3.8) is 0 Å². The van der Waals surface area contributed by atoms with Crippen LogP contribution in [0.2, 0.25) is 0 Å². The number of hydrogen-bond donors (Lipinski definition) is 2. The molecular formula is C17H23N3O2. The Kier molecular flexibility index (Phi) is 5.20. The number of ether oxygens (including phenoxy) is 1. The minimum Gasteiger partial charge on any atom is -0.444 e. The summed E-state index contributed by atoms with van der Waals surface area (Å²) in [5, 5.41) is 7.23. The van der Waals surface area contributed by atoms with Crippen LogP contribution in [0.1, 0.15) is 27.2 Å². The van der Waals surface area contributed by atoms with Gasteiger partial charge < -0.3 is 15.4 Å². The number of anilines is 1. The fraction of sp³-hybridized carbons (Fsp3) is 0.412. The van der Waals surface area contributed by atoms with Gasteiger partial charge in [0, 0.05) is 30.4 Å².